The Balaban J connectivity index is 1.09. The lowest BCUT2D eigenvalue weighted by Gasteiger charge is -2.36. The molecule has 0 aliphatic carbocycles. The van der Waals surface area contributed by atoms with Gasteiger partial charge < -0.3 is 19.8 Å². The summed E-state index contributed by atoms with van der Waals surface area (Å²) < 4.78 is 12.7. The van der Waals surface area contributed by atoms with Crippen LogP contribution >= 0.6 is 15.9 Å². The van der Waals surface area contributed by atoms with Gasteiger partial charge in [0.05, 0.1) is 6.61 Å². The summed E-state index contributed by atoms with van der Waals surface area (Å²) in [5.74, 6) is 1.57. The Labute approximate surface area is 214 Å². The number of fused-ring (bicyclic) bond motifs is 2. The largest absolute Gasteiger partial charge is 0.493 e. The quantitative estimate of drug-likeness (QED) is 0.406. The second-order valence-electron chi connectivity index (χ2n) is 9.39. The highest BCUT2D eigenvalue weighted by atomic mass is 79.9. The zero-order valence-corrected chi connectivity index (χ0v) is 21.6. The van der Waals surface area contributed by atoms with Gasteiger partial charge >= 0.3 is 6.03 Å². The number of hydrogen-bond acceptors (Lipinski definition) is 5. The van der Waals surface area contributed by atoms with Crippen molar-refractivity contribution in [2.24, 2.45) is 5.73 Å². The summed E-state index contributed by atoms with van der Waals surface area (Å²) in [5, 5.41) is 0.945. The number of anilines is 2. The monoisotopic (exact) mass is 540 g/mol. The fourth-order valence-electron chi connectivity index (χ4n) is 5.00. The molecule has 0 saturated carbocycles. The predicted molar refractivity (Wildman–Crippen MR) is 144 cm³/mol. The molecule has 2 aromatic carbocycles. The number of rotatable bonds is 7. The van der Waals surface area contributed by atoms with E-state index in [4.69, 9.17) is 14.9 Å². The van der Waals surface area contributed by atoms with Gasteiger partial charge in [-0.25, -0.2) is 4.79 Å². The third-order valence-corrected chi connectivity index (χ3v) is 7.48. The molecule has 35 heavy (non-hydrogen) atoms. The van der Waals surface area contributed by atoms with Gasteiger partial charge in [-0.2, -0.15) is 0 Å². The van der Waals surface area contributed by atoms with Crippen LogP contribution in [0.1, 0.15) is 31.2 Å². The molecule has 3 heterocycles. The molecule has 0 bridgehead atoms. The Kier molecular flexibility index (Phi) is 7.48. The smallest absolute Gasteiger partial charge is 0.321 e. The number of halogens is 1. The van der Waals surface area contributed by atoms with Gasteiger partial charge in [0.2, 0.25) is 5.88 Å². The lowest BCUT2D eigenvalue weighted by molar-refractivity contribution is 0.248. The highest BCUT2D eigenvalue weighted by Crippen LogP contribution is 2.30. The Morgan fingerprint density at radius 3 is 2.71 bits per heavy atom. The number of carbonyl (C=O) groups is 1. The third kappa shape index (κ3) is 5.76. The van der Waals surface area contributed by atoms with Crippen LogP contribution in [0.2, 0.25) is 0 Å². The van der Waals surface area contributed by atoms with E-state index in [-0.39, 0.29) is 0 Å². The highest BCUT2D eigenvalue weighted by Gasteiger charge is 2.20. The molecule has 0 unspecified atom stereocenters. The van der Waals surface area contributed by atoms with E-state index in [1.54, 1.807) is 0 Å². The van der Waals surface area contributed by atoms with Crippen LogP contribution in [0.5, 0.6) is 5.75 Å². The van der Waals surface area contributed by atoms with Crippen LogP contribution in [0.3, 0.4) is 0 Å². The van der Waals surface area contributed by atoms with Crippen LogP contribution in [0.25, 0.3) is 11.0 Å². The number of piperazine rings is 1. The minimum Gasteiger partial charge on any atom is -0.493 e. The number of nitrogens with zero attached hydrogens (tertiary/aromatic N) is 3. The number of hydrogen-bond donors (Lipinski definition) is 1. The number of ether oxygens (including phenoxy) is 1. The van der Waals surface area contributed by atoms with Gasteiger partial charge in [0, 0.05) is 54.3 Å². The van der Waals surface area contributed by atoms with E-state index in [1.165, 1.54) is 22.6 Å². The zero-order valence-electron chi connectivity index (χ0n) is 20.0. The molecule has 186 valence electrons. The van der Waals surface area contributed by atoms with Gasteiger partial charge in [-0.15, -0.1) is 0 Å². The lowest BCUT2D eigenvalue weighted by Crippen LogP contribution is -2.46. The Morgan fingerprint density at radius 2 is 1.89 bits per heavy atom. The molecule has 5 rings (SSSR count). The lowest BCUT2D eigenvalue weighted by atomic mass is 10.1. The fraction of sp³-hybridized carbons (Fsp3) is 0.444. The first kappa shape index (κ1) is 24.0. The number of nitrogens with two attached hydrogens (primary N) is 1. The SMILES string of the molecule is NC(=O)N(CCCCN1CCN(c2ccc3c(c2)CCCCO3)CC1)c1cc2cc(Br)ccc2o1. The molecule has 2 aliphatic rings. The number of urea groups is 1. The van der Waals surface area contributed by atoms with Crippen molar-refractivity contribution < 1.29 is 13.9 Å². The van der Waals surface area contributed by atoms with Gasteiger partial charge in [0.1, 0.15) is 11.3 Å². The maximum atomic E-state index is 12.1. The summed E-state index contributed by atoms with van der Waals surface area (Å²) in [6.07, 6.45) is 5.32. The van der Waals surface area contributed by atoms with Crippen molar-refractivity contribution >= 4 is 44.5 Å². The van der Waals surface area contributed by atoms with Crippen LogP contribution in [0.15, 0.2) is 51.4 Å². The highest BCUT2D eigenvalue weighted by molar-refractivity contribution is 9.10. The Hall–Kier alpha value is -2.71. The van der Waals surface area contributed by atoms with E-state index in [0.717, 1.165) is 86.2 Å². The van der Waals surface area contributed by atoms with Gasteiger partial charge in [-0.3, -0.25) is 9.80 Å². The van der Waals surface area contributed by atoms with Gasteiger partial charge in [-0.1, -0.05) is 15.9 Å². The van der Waals surface area contributed by atoms with E-state index in [9.17, 15) is 4.79 Å². The molecule has 8 heteroatoms. The topological polar surface area (TPSA) is 75.2 Å². The van der Waals surface area contributed by atoms with Gasteiger partial charge in [0.25, 0.3) is 0 Å². The normalized spacial score (nSPS) is 16.5. The van der Waals surface area contributed by atoms with E-state index in [2.05, 4.69) is 43.9 Å². The van der Waals surface area contributed by atoms with Crippen molar-refractivity contribution in [3.8, 4) is 5.75 Å². The molecule has 1 aromatic heterocycles. The number of benzene rings is 2. The van der Waals surface area contributed by atoms with Crippen LogP contribution in [-0.4, -0.2) is 56.8 Å². The molecule has 2 amide bonds. The van der Waals surface area contributed by atoms with Crippen molar-refractivity contribution in [2.75, 3.05) is 55.7 Å². The second-order valence-corrected chi connectivity index (χ2v) is 10.3. The summed E-state index contributed by atoms with van der Waals surface area (Å²) in [6.45, 7) is 6.55. The maximum Gasteiger partial charge on any atom is 0.321 e. The van der Waals surface area contributed by atoms with Crippen molar-refractivity contribution in [1.82, 2.24) is 4.90 Å². The van der Waals surface area contributed by atoms with Crippen LogP contribution < -0.4 is 20.3 Å². The first-order valence-corrected chi connectivity index (χ1v) is 13.4. The summed E-state index contributed by atoms with van der Waals surface area (Å²) in [5.41, 5.74) is 9.06. The number of furan rings is 1. The molecule has 0 atom stereocenters. The van der Waals surface area contributed by atoms with E-state index >= 15 is 0 Å². The van der Waals surface area contributed by atoms with E-state index in [1.807, 2.05) is 24.3 Å². The summed E-state index contributed by atoms with van der Waals surface area (Å²) in [7, 11) is 0. The number of primary amides is 1. The Bertz CT molecular complexity index is 1170. The fourth-order valence-corrected chi connectivity index (χ4v) is 5.37. The van der Waals surface area contributed by atoms with Crippen molar-refractivity contribution in [1.29, 1.82) is 0 Å². The molecular weight excluding hydrogens is 508 g/mol. The van der Waals surface area contributed by atoms with Gasteiger partial charge in [-0.05, 0) is 80.6 Å². The first-order chi connectivity index (χ1) is 17.1. The molecular formula is C27H33BrN4O3. The second kappa shape index (κ2) is 10.9. The summed E-state index contributed by atoms with van der Waals surface area (Å²) >= 11 is 3.47. The minimum atomic E-state index is -0.483. The van der Waals surface area contributed by atoms with Gasteiger partial charge in [0.15, 0.2) is 0 Å². The Morgan fingerprint density at radius 1 is 1.03 bits per heavy atom. The summed E-state index contributed by atoms with van der Waals surface area (Å²) in [4.78, 5) is 18.6. The number of amides is 2. The minimum absolute atomic E-state index is 0.483. The molecule has 1 fully saturated rings. The van der Waals surface area contributed by atoms with E-state index < -0.39 is 6.03 Å². The zero-order chi connectivity index (χ0) is 24.2. The predicted octanol–water partition coefficient (Wildman–Crippen LogP) is 5.40. The first-order valence-electron chi connectivity index (χ1n) is 12.6. The number of carbonyl (C=O) groups excluding carboxylic acids is 1. The van der Waals surface area contributed by atoms with E-state index in [0.29, 0.717) is 12.4 Å². The number of unbranched alkanes of at least 4 members (excludes halogenated alkanes) is 1. The van der Waals surface area contributed by atoms with Crippen LogP contribution in [0.4, 0.5) is 16.4 Å². The number of aryl methyl sites for hydroxylation is 1. The van der Waals surface area contributed by atoms with Crippen molar-refractivity contribution in [3.63, 3.8) is 0 Å². The third-order valence-electron chi connectivity index (χ3n) is 6.98. The summed E-state index contributed by atoms with van der Waals surface area (Å²) in [6, 6.07) is 13.8. The molecule has 7 nitrogen and oxygen atoms in total. The average Bonchev–Trinajstić information content (AvgIpc) is 3.11. The maximum absolute atomic E-state index is 12.1. The van der Waals surface area contributed by atoms with Crippen LogP contribution in [-0.2, 0) is 6.42 Å². The molecule has 2 N–H and O–H groups in total. The van der Waals surface area contributed by atoms with Crippen molar-refractivity contribution in [2.45, 2.75) is 32.1 Å². The molecule has 3 aromatic rings. The molecule has 0 radical (unpaired) electrons. The molecule has 0 spiro atoms. The molecule has 1 saturated heterocycles. The standard InChI is InChI=1S/C27H33BrN4O3/c28-22-6-8-25-21(17-22)19-26(35-25)32(27(29)33)11-3-2-10-30-12-14-31(15-13-30)23-7-9-24-20(18-23)5-1-4-16-34-24/h6-9,17-19H,1-5,10-16H2,(H2,29,33). The average molecular weight is 541 g/mol. The van der Waals surface area contributed by atoms with Crippen molar-refractivity contribution in [3.05, 3.63) is 52.5 Å². The molecule has 2 aliphatic heterocycles. The van der Waals surface area contributed by atoms with Crippen LogP contribution in [0, 0.1) is 0 Å².